The topological polar surface area (TPSA) is 17.1 Å². The van der Waals surface area contributed by atoms with Gasteiger partial charge in [-0.3, -0.25) is 4.79 Å². The zero-order chi connectivity index (χ0) is 15.1. The summed E-state index contributed by atoms with van der Waals surface area (Å²) >= 11 is 0. The normalized spacial score (nSPS) is 12.8. The molecule has 3 aromatic rings. The maximum absolute atomic E-state index is 12.0. The van der Waals surface area contributed by atoms with Gasteiger partial charge < -0.3 is 0 Å². The molecule has 22 heavy (non-hydrogen) atoms. The van der Waals surface area contributed by atoms with E-state index < -0.39 is 0 Å². The number of carbonyl (C=O) groups excluding carboxylic acids is 1. The van der Waals surface area contributed by atoms with Crippen molar-refractivity contribution in [2.45, 2.75) is 12.8 Å². The minimum Gasteiger partial charge on any atom is -0.295 e. The number of hydrogen-bond acceptors (Lipinski definition) is 1. The standard InChI is InChI=1S/C21H16O/c1-14(22)15-8-2-5-11-18(15)21-19-12-6-3-9-16(19)17-10-4-7-13-20(17)21/h2-13,21H,1H3. The maximum Gasteiger partial charge on any atom is 0.160 e. The van der Waals surface area contributed by atoms with Crippen LogP contribution in [0.25, 0.3) is 11.1 Å². The lowest BCUT2D eigenvalue weighted by Crippen LogP contribution is -2.06. The fourth-order valence-electron chi connectivity index (χ4n) is 3.56. The van der Waals surface area contributed by atoms with Crippen LogP contribution in [-0.2, 0) is 0 Å². The van der Waals surface area contributed by atoms with Crippen LogP contribution in [0, 0.1) is 0 Å². The van der Waals surface area contributed by atoms with E-state index in [2.05, 4.69) is 54.6 Å². The van der Waals surface area contributed by atoms with E-state index in [0.29, 0.717) is 0 Å². The van der Waals surface area contributed by atoms with Gasteiger partial charge in [0.05, 0.1) is 0 Å². The van der Waals surface area contributed by atoms with Crippen LogP contribution in [0.4, 0.5) is 0 Å². The van der Waals surface area contributed by atoms with E-state index in [1.165, 1.54) is 22.3 Å². The van der Waals surface area contributed by atoms with Crippen molar-refractivity contribution >= 4 is 5.78 Å². The van der Waals surface area contributed by atoms with Crippen molar-refractivity contribution in [2.24, 2.45) is 0 Å². The molecule has 0 amide bonds. The largest absolute Gasteiger partial charge is 0.295 e. The molecular weight excluding hydrogens is 268 g/mol. The Morgan fingerprint density at radius 2 is 1.14 bits per heavy atom. The number of Topliss-reactive ketones (excluding diaryl/α,β-unsaturated/α-hetero) is 1. The van der Waals surface area contributed by atoms with Crippen LogP contribution >= 0.6 is 0 Å². The van der Waals surface area contributed by atoms with E-state index >= 15 is 0 Å². The molecule has 0 saturated heterocycles. The number of ketones is 1. The fraction of sp³-hybridized carbons (Fsp3) is 0.0952. The fourth-order valence-corrected chi connectivity index (χ4v) is 3.56. The van der Waals surface area contributed by atoms with E-state index in [1.807, 2.05) is 18.2 Å². The molecule has 0 radical (unpaired) electrons. The monoisotopic (exact) mass is 284 g/mol. The molecule has 0 bridgehead atoms. The molecule has 0 aliphatic heterocycles. The maximum atomic E-state index is 12.0. The highest BCUT2D eigenvalue weighted by Crippen LogP contribution is 2.48. The van der Waals surface area contributed by atoms with Gasteiger partial charge in [-0.05, 0) is 34.7 Å². The zero-order valence-corrected chi connectivity index (χ0v) is 12.4. The Balaban J connectivity index is 2.02. The van der Waals surface area contributed by atoms with Crippen LogP contribution in [0.15, 0.2) is 72.8 Å². The quantitative estimate of drug-likeness (QED) is 0.471. The highest BCUT2D eigenvalue weighted by atomic mass is 16.1. The van der Waals surface area contributed by atoms with Gasteiger partial charge in [0, 0.05) is 11.5 Å². The lowest BCUT2D eigenvalue weighted by molar-refractivity contribution is 0.101. The summed E-state index contributed by atoms with van der Waals surface area (Å²) in [6.07, 6.45) is 0. The number of benzene rings is 3. The van der Waals surface area contributed by atoms with Crippen LogP contribution in [0.1, 0.15) is 39.9 Å². The first-order chi connectivity index (χ1) is 10.8. The molecule has 0 heterocycles. The van der Waals surface area contributed by atoms with Crippen molar-refractivity contribution < 1.29 is 4.79 Å². The van der Waals surface area contributed by atoms with Gasteiger partial charge in [0.2, 0.25) is 0 Å². The van der Waals surface area contributed by atoms with Crippen LogP contribution in [-0.4, -0.2) is 5.78 Å². The third-order valence-electron chi connectivity index (χ3n) is 4.48. The third kappa shape index (κ3) is 1.82. The van der Waals surface area contributed by atoms with Gasteiger partial charge in [-0.25, -0.2) is 0 Å². The second kappa shape index (κ2) is 4.96. The Morgan fingerprint density at radius 3 is 1.68 bits per heavy atom. The summed E-state index contributed by atoms with van der Waals surface area (Å²) in [5, 5.41) is 0. The van der Waals surface area contributed by atoms with Crippen LogP contribution in [0.2, 0.25) is 0 Å². The second-order valence-electron chi connectivity index (χ2n) is 5.75. The van der Waals surface area contributed by atoms with Crippen LogP contribution in [0.3, 0.4) is 0 Å². The summed E-state index contributed by atoms with van der Waals surface area (Å²) in [5.74, 6) is 0.268. The molecule has 1 nitrogen and oxygen atoms in total. The predicted octanol–water partition coefficient (Wildman–Crippen LogP) is 5.05. The number of carbonyl (C=O) groups is 1. The second-order valence-corrected chi connectivity index (χ2v) is 5.75. The van der Waals surface area contributed by atoms with Gasteiger partial charge in [-0.2, -0.15) is 0 Å². The average molecular weight is 284 g/mol. The number of hydrogen-bond donors (Lipinski definition) is 0. The Bertz CT molecular complexity index is 831. The first kappa shape index (κ1) is 13.0. The molecule has 0 aromatic heterocycles. The number of fused-ring (bicyclic) bond motifs is 3. The van der Waals surface area contributed by atoms with Crippen molar-refractivity contribution in [1.29, 1.82) is 0 Å². The summed E-state index contributed by atoms with van der Waals surface area (Å²) in [6, 6.07) is 25.0. The number of rotatable bonds is 2. The summed E-state index contributed by atoms with van der Waals surface area (Å²) in [4.78, 5) is 12.0. The van der Waals surface area contributed by atoms with E-state index in [9.17, 15) is 4.79 Å². The van der Waals surface area contributed by atoms with Gasteiger partial charge in [-0.1, -0.05) is 72.8 Å². The van der Waals surface area contributed by atoms with Gasteiger partial charge in [0.1, 0.15) is 0 Å². The molecule has 1 aliphatic carbocycles. The van der Waals surface area contributed by atoms with E-state index in [1.54, 1.807) is 6.92 Å². The van der Waals surface area contributed by atoms with Crippen LogP contribution in [0.5, 0.6) is 0 Å². The van der Waals surface area contributed by atoms with Crippen molar-refractivity contribution in [1.82, 2.24) is 0 Å². The Hall–Kier alpha value is -2.67. The van der Waals surface area contributed by atoms with Gasteiger partial charge >= 0.3 is 0 Å². The smallest absolute Gasteiger partial charge is 0.160 e. The highest BCUT2D eigenvalue weighted by Gasteiger charge is 2.30. The molecule has 0 N–H and O–H groups in total. The average Bonchev–Trinajstić information content (AvgIpc) is 2.89. The Kier molecular flexibility index (Phi) is 2.93. The van der Waals surface area contributed by atoms with Gasteiger partial charge in [0.15, 0.2) is 5.78 Å². The SMILES string of the molecule is CC(=O)c1ccccc1C1c2ccccc2-c2ccccc21. The molecule has 1 aliphatic rings. The zero-order valence-electron chi connectivity index (χ0n) is 12.4. The Labute approximate surface area is 130 Å². The van der Waals surface area contributed by atoms with Gasteiger partial charge in [-0.15, -0.1) is 0 Å². The first-order valence-electron chi connectivity index (χ1n) is 7.55. The lowest BCUT2D eigenvalue weighted by atomic mass is 9.85. The summed E-state index contributed by atoms with van der Waals surface area (Å²) in [6.45, 7) is 1.64. The van der Waals surface area contributed by atoms with Crippen molar-refractivity contribution in [3.8, 4) is 11.1 Å². The van der Waals surface area contributed by atoms with E-state index in [4.69, 9.17) is 0 Å². The molecule has 3 aromatic carbocycles. The summed E-state index contributed by atoms with van der Waals surface area (Å²) in [7, 11) is 0. The minimum absolute atomic E-state index is 0.123. The lowest BCUT2D eigenvalue weighted by Gasteiger charge is -2.17. The van der Waals surface area contributed by atoms with Crippen LogP contribution < -0.4 is 0 Å². The van der Waals surface area contributed by atoms with Crippen molar-refractivity contribution in [3.63, 3.8) is 0 Å². The van der Waals surface area contributed by atoms with Crippen molar-refractivity contribution in [3.05, 3.63) is 95.1 Å². The summed E-state index contributed by atoms with van der Waals surface area (Å²) < 4.78 is 0. The molecule has 0 saturated carbocycles. The highest BCUT2D eigenvalue weighted by molar-refractivity contribution is 5.96. The molecule has 0 unspecified atom stereocenters. The predicted molar refractivity (Wildman–Crippen MR) is 89.3 cm³/mol. The molecule has 1 heteroatoms. The molecule has 0 fully saturated rings. The van der Waals surface area contributed by atoms with E-state index in [0.717, 1.165) is 11.1 Å². The summed E-state index contributed by atoms with van der Waals surface area (Å²) in [5.41, 5.74) is 7.06. The van der Waals surface area contributed by atoms with E-state index in [-0.39, 0.29) is 11.7 Å². The molecule has 0 atom stereocenters. The van der Waals surface area contributed by atoms with Gasteiger partial charge in [0.25, 0.3) is 0 Å². The molecule has 0 spiro atoms. The third-order valence-corrected chi connectivity index (χ3v) is 4.48. The minimum atomic E-state index is 0.123. The van der Waals surface area contributed by atoms with Crippen molar-refractivity contribution in [2.75, 3.05) is 0 Å². The molecule has 106 valence electrons. The molecular formula is C21H16O. The Morgan fingerprint density at radius 1 is 0.682 bits per heavy atom. The molecule has 4 rings (SSSR count). The first-order valence-corrected chi connectivity index (χ1v) is 7.55.